The van der Waals surface area contributed by atoms with E-state index < -0.39 is 31.9 Å². The molecule has 12 heteroatoms. The molecule has 0 unspecified atom stereocenters. The average molecular weight is 285 g/mol. The van der Waals surface area contributed by atoms with Crippen LogP contribution in [0, 0.1) is 0 Å². The molecule has 0 atom stereocenters. The first-order valence-corrected chi connectivity index (χ1v) is 6.53. The molecule has 1 aliphatic heterocycles. The second-order valence-electron chi connectivity index (χ2n) is 2.74. The SMILES string of the molecule is O=S(=O)(NS(=O)(=O)C(F)(F)F)OC1COC1. The summed E-state index contributed by atoms with van der Waals surface area (Å²) in [5.74, 6) is 0. The summed E-state index contributed by atoms with van der Waals surface area (Å²) in [6, 6.07) is 0. The molecule has 0 aliphatic carbocycles. The molecule has 0 bridgehead atoms. The van der Waals surface area contributed by atoms with Crippen molar-refractivity contribution < 1.29 is 38.9 Å². The zero-order chi connectivity index (χ0) is 12.6. The Kier molecular flexibility index (Phi) is 3.50. The van der Waals surface area contributed by atoms with Crippen molar-refractivity contribution in [3.63, 3.8) is 0 Å². The van der Waals surface area contributed by atoms with E-state index in [0.717, 1.165) is 0 Å². The molecule has 7 nitrogen and oxygen atoms in total. The fraction of sp³-hybridized carbons (Fsp3) is 1.00. The minimum atomic E-state index is -5.99. The molecule has 0 saturated carbocycles. The van der Waals surface area contributed by atoms with Gasteiger partial charge in [-0.1, -0.05) is 4.13 Å². The fourth-order valence-corrected chi connectivity index (χ4v) is 2.73. The standard InChI is InChI=1S/C4H6F3NO6S2/c5-4(6,7)15(9,10)8-16(11,12)14-3-1-13-2-3/h3,8H,1-2H2. The van der Waals surface area contributed by atoms with E-state index in [9.17, 15) is 30.0 Å². The number of hydrogen-bond acceptors (Lipinski definition) is 6. The van der Waals surface area contributed by atoms with E-state index in [0.29, 0.717) is 4.13 Å². The van der Waals surface area contributed by atoms with Crippen molar-refractivity contribution in [1.29, 1.82) is 0 Å². The first-order valence-electron chi connectivity index (χ1n) is 3.64. The Morgan fingerprint density at radius 2 is 1.69 bits per heavy atom. The van der Waals surface area contributed by atoms with E-state index >= 15 is 0 Å². The van der Waals surface area contributed by atoms with Crippen LogP contribution in [0.1, 0.15) is 0 Å². The highest BCUT2D eigenvalue weighted by Gasteiger charge is 2.49. The van der Waals surface area contributed by atoms with Gasteiger partial charge in [0.25, 0.3) is 0 Å². The third kappa shape index (κ3) is 3.28. The highest BCUT2D eigenvalue weighted by Crippen LogP contribution is 2.22. The number of ether oxygens (including phenoxy) is 1. The summed E-state index contributed by atoms with van der Waals surface area (Å²) in [5, 5.41) is 0. The van der Waals surface area contributed by atoms with Gasteiger partial charge in [-0.3, -0.25) is 0 Å². The van der Waals surface area contributed by atoms with Gasteiger partial charge in [-0.25, -0.2) is 12.6 Å². The lowest BCUT2D eigenvalue weighted by molar-refractivity contribution is -0.0774. The van der Waals surface area contributed by atoms with Gasteiger partial charge < -0.3 is 4.74 Å². The highest BCUT2D eigenvalue weighted by molar-refractivity contribution is 8.03. The fourth-order valence-electron chi connectivity index (χ4n) is 0.650. The first-order chi connectivity index (χ1) is 7.04. The summed E-state index contributed by atoms with van der Waals surface area (Å²) in [6.45, 7) is -0.264. The molecular weight excluding hydrogens is 279 g/mol. The number of halogens is 3. The Balaban J connectivity index is 2.72. The summed E-state index contributed by atoms with van der Waals surface area (Å²) in [5.41, 5.74) is -5.72. The maximum Gasteiger partial charge on any atom is 0.512 e. The van der Waals surface area contributed by atoms with Gasteiger partial charge in [0.05, 0.1) is 13.2 Å². The van der Waals surface area contributed by atoms with Crippen molar-refractivity contribution in [3.05, 3.63) is 0 Å². The number of hydrogen-bond donors (Lipinski definition) is 1. The minimum Gasteiger partial charge on any atom is -0.376 e. The quantitative estimate of drug-likeness (QED) is 0.717. The van der Waals surface area contributed by atoms with Crippen LogP contribution in [0.3, 0.4) is 0 Å². The molecular formula is C4H6F3NO6S2. The summed E-state index contributed by atoms with van der Waals surface area (Å²) in [6.07, 6.45) is -0.971. The zero-order valence-electron chi connectivity index (χ0n) is 7.39. The number of nitrogens with one attached hydrogen (secondary N) is 1. The van der Waals surface area contributed by atoms with Crippen molar-refractivity contribution in [3.8, 4) is 0 Å². The van der Waals surface area contributed by atoms with Crippen molar-refractivity contribution in [2.24, 2.45) is 0 Å². The first kappa shape index (κ1) is 13.6. The maximum absolute atomic E-state index is 11.8. The Bertz CT molecular complexity index is 449. The lowest BCUT2D eigenvalue weighted by Crippen LogP contribution is -2.45. The Morgan fingerprint density at radius 1 is 1.19 bits per heavy atom. The van der Waals surface area contributed by atoms with Gasteiger partial charge >= 0.3 is 25.8 Å². The Morgan fingerprint density at radius 3 is 2.00 bits per heavy atom. The lowest BCUT2D eigenvalue weighted by Gasteiger charge is -2.25. The van der Waals surface area contributed by atoms with Crippen LogP contribution in [-0.2, 0) is 29.2 Å². The molecule has 1 saturated heterocycles. The van der Waals surface area contributed by atoms with Gasteiger partial charge in [0, 0.05) is 0 Å². The molecule has 0 radical (unpaired) electrons. The van der Waals surface area contributed by atoms with Crippen LogP contribution in [0.2, 0.25) is 0 Å². The number of alkyl halides is 3. The predicted molar refractivity (Wildman–Crippen MR) is 42.7 cm³/mol. The molecule has 0 aromatic rings. The smallest absolute Gasteiger partial charge is 0.376 e. The van der Waals surface area contributed by atoms with Gasteiger partial charge in [-0.15, -0.1) is 0 Å². The van der Waals surface area contributed by atoms with Crippen LogP contribution in [-0.4, -0.2) is 41.7 Å². The van der Waals surface area contributed by atoms with E-state index in [1.54, 1.807) is 0 Å². The van der Waals surface area contributed by atoms with Gasteiger partial charge in [-0.05, 0) is 0 Å². The summed E-state index contributed by atoms with van der Waals surface area (Å²) >= 11 is 0. The summed E-state index contributed by atoms with van der Waals surface area (Å²) in [4.78, 5) is 0. The van der Waals surface area contributed by atoms with Crippen LogP contribution >= 0.6 is 0 Å². The molecule has 0 spiro atoms. The van der Waals surface area contributed by atoms with E-state index in [-0.39, 0.29) is 13.2 Å². The number of rotatable bonds is 4. The molecule has 0 aromatic carbocycles. The Hall–Kier alpha value is -0.430. The maximum atomic E-state index is 11.8. The van der Waals surface area contributed by atoms with Crippen LogP contribution in [0.15, 0.2) is 0 Å². The van der Waals surface area contributed by atoms with Gasteiger partial charge in [0.1, 0.15) is 6.10 Å². The second kappa shape index (κ2) is 4.10. The van der Waals surface area contributed by atoms with Crippen LogP contribution < -0.4 is 4.13 Å². The predicted octanol–water partition coefficient (Wildman–Crippen LogP) is -0.914. The third-order valence-electron chi connectivity index (χ3n) is 1.39. The van der Waals surface area contributed by atoms with Gasteiger partial charge in [0.15, 0.2) is 0 Å². The minimum absolute atomic E-state index is 0.132. The topological polar surface area (TPSA) is 98.8 Å². The van der Waals surface area contributed by atoms with E-state index in [2.05, 4.69) is 8.92 Å². The van der Waals surface area contributed by atoms with E-state index in [1.807, 2.05) is 0 Å². The average Bonchev–Trinajstić information content (AvgIpc) is 1.92. The third-order valence-corrected chi connectivity index (χ3v) is 4.22. The van der Waals surface area contributed by atoms with E-state index in [4.69, 9.17) is 0 Å². The molecule has 0 aromatic heterocycles. The van der Waals surface area contributed by atoms with Crippen molar-refractivity contribution in [1.82, 2.24) is 4.13 Å². The largest absolute Gasteiger partial charge is 0.512 e. The molecule has 1 fully saturated rings. The monoisotopic (exact) mass is 285 g/mol. The van der Waals surface area contributed by atoms with Gasteiger partial charge in [0.2, 0.25) is 0 Å². The lowest BCUT2D eigenvalue weighted by atomic mass is 10.3. The van der Waals surface area contributed by atoms with Crippen molar-refractivity contribution >= 4 is 20.3 Å². The van der Waals surface area contributed by atoms with Crippen LogP contribution in [0.4, 0.5) is 13.2 Å². The molecule has 1 N–H and O–H groups in total. The van der Waals surface area contributed by atoms with E-state index in [1.165, 1.54) is 0 Å². The van der Waals surface area contributed by atoms with Crippen LogP contribution in [0.25, 0.3) is 0 Å². The molecule has 16 heavy (non-hydrogen) atoms. The van der Waals surface area contributed by atoms with Crippen LogP contribution in [0.5, 0.6) is 0 Å². The molecule has 0 amide bonds. The zero-order valence-corrected chi connectivity index (χ0v) is 9.02. The molecule has 1 aliphatic rings. The molecule has 1 rings (SSSR count). The summed E-state index contributed by atoms with van der Waals surface area (Å²) < 4.78 is 86.9. The van der Waals surface area contributed by atoms with Gasteiger partial charge in [-0.2, -0.15) is 21.6 Å². The summed E-state index contributed by atoms with van der Waals surface area (Å²) in [7, 11) is -11.0. The Labute approximate surface area is 88.8 Å². The number of sulfonamides is 1. The van der Waals surface area contributed by atoms with Crippen molar-refractivity contribution in [2.75, 3.05) is 13.2 Å². The van der Waals surface area contributed by atoms with Crippen molar-refractivity contribution in [2.45, 2.75) is 11.6 Å². The molecule has 96 valence electrons. The molecule has 1 heterocycles. The normalized spacial score (nSPS) is 19.4. The highest BCUT2D eigenvalue weighted by atomic mass is 32.3. The second-order valence-corrected chi connectivity index (χ2v) is 5.98.